The van der Waals surface area contributed by atoms with Gasteiger partial charge in [-0.15, -0.1) is 0 Å². The van der Waals surface area contributed by atoms with Gasteiger partial charge in [0.1, 0.15) is 0 Å². The van der Waals surface area contributed by atoms with E-state index in [1.165, 1.54) is 0 Å². The van der Waals surface area contributed by atoms with Crippen molar-refractivity contribution >= 4 is 16.8 Å². The molecule has 20 heavy (non-hydrogen) atoms. The van der Waals surface area contributed by atoms with Crippen LogP contribution in [0.3, 0.4) is 0 Å². The van der Waals surface area contributed by atoms with Crippen LogP contribution in [0.4, 0.5) is 0 Å². The summed E-state index contributed by atoms with van der Waals surface area (Å²) in [6.45, 7) is 0.572. The fourth-order valence-corrected chi connectivity index (χ4v) is 2.31. The molecular formula is C16H15N3O. The van der Waals surface area contributed by atoms with Crippen LogP contribution in [0.25, 0.3) is 10.9 Å². The fourth-order valence-electron chi connectivity index (χ4n) is 2.31. The average Bonchev–Trinajstić information content (AvgIpc) is 2.96. The molecule has 0 fully saturated rings. The number of fused-ring (bicyclic) bond motifs is 1. The van der Waals surface area contributed by atoms with Crippen LogP contribution < -0.4 is 0 Å². The molecule has 3 aromatic rings. The van der Waals surface area contributed by atoms with Gasteiger partial charge in [-0.25, -0.2) is 0 Å². The molecule has 2 aromatic heterocycles. The molecule has 0 atom stereocenters. The quantitative estimate of drug-likeness (QED) is 0.791. The van der Waals surface area contributed by atoms with Crippen molar-refractivity contribution in [2.75, 3.05) is 7.05 Å². The Labute approximate surface area is 117 Å². The van der Waals surface area contributed by atoms with E-state index in [2.05, 4.69) is 9.97 Å². The molecule has 0 aliphatic carbocycles. The second-order valence-electron chi connectivity index (χ2n) is 4.76. The first kappa shape index (κ1) is 12.4. The first-order valence-electron chi connectivity index (χ1n) is 6.46. The Bertz CT molecular complexity index is 734. The van der Waals surface area contributed by atoms with Crippen molar-refractivity contribution in [2.45, 2.75) is 6.54 Å². The number of aromatic amines is 1. The van der Waals surface area contributed by atoms with E-state index in [0.717, 1.165) is 22.0 Å². The molecule has 2 heterocycles. The van der Waals surface area contributed by atoms with Crippen molar-refractivity contribution < 1.29 is 4.79 Å². The van der Waals surface area contributed by atoms with Crippen molar-refractivity contribution in [3.05, 3.63) is 66.1 Å². The Hall–Kier alpha value is -2.62. The molecule has 0 aliphatic heterocycles. The number of rotatable bonds is 3. The summed E-state index contributed by atoms with van der Waals surface area (Å²) in [6.07, 6.45) is 5.32. The number of carbonyl (C=O) groups excluding carboxylic acids is 1. The summed E-state index contributed by atoms with van der Waals surface area (Å²) >= 11 is 0. The van der Waals surface area contributed by atoms with E-state index in [4.69, 9.17) is 0 Å². The van der Waals surface area contributed by atoms with Crippen LogP contribution in [-0.4, -0.2) is 27.8 Å². The third kappa shape index (κ3) is 2.28. The Balaban J connectivity index is 1.87. The number of nitrogens with one attached hydrogen (secondary N) is 1. The number of carbonyl (C=O) groups is 1. The van der Waals surface area contributed by atoms with E-state index in [1.54, 1.807) is 17.3 Å². The van der Waals surface area contributed by atoms with Gasteiger partial charge in [0.05, 0.1) is 0 Å². The lowest BCUT2D eigenvalue weighted by Crippen LogP contribution is -2.26. The molecule has 0 aliphatic rings. The van der Waals surface area contributed by atoms with Crippen LogP contribution in [0.5, 0.6) is 0 Å². The van der Waals surface area contributed by atoms with Gasteiger partial charge in [0.25, 0.3) is 5.91 Å². The van der Waals surface area contributed by atoms with Gasteiger partial charge in [-0.3, -0.25) is 9.78 Å². The van der Waals surface area contributed by atoms with Gasteiger partial charge in [0.15, 0.2) is 0 Å². The monoisotopic (exact) mass is 265 g/mol. The summed E-state index contributed by atoms with van der Waals surface area (Å²) in [7, 11) is 1.81. The minimum absolute atomic E-state index is 0.0204. The van der Waals surface area contributed by atoms with E-state index in [9.17, 15) is 4.79 Å². The first-order valence-corrected chi connectivity index (χ1v) is 6.46. The van der Waals surface area contributed by atoms with Gasteiger partial charge >= 0.3 is 0 Å². The zero-order valence-corrected chi connectivity index (χ0v) is 11.2. The number of aromatic nitrogens is 2. The molecule has 1 aromatic carbocycles. The van der Waals surface area contributed by atoms with E-state index in [1.807, 2.05) is 49.6 Å². The summed E-state index contributed by atoms with van der Waals surface area (Å²) in [5.41, 5.74) is 2.77. The number of H-pyrrole nitrogens is 1. The van der Waals surface area contributed by atoms with Crippen molar-refractivity contribution in [3.63, 3.8) is 0 Å². The lowest BCUT2D eigenvalue weighted by Gasteiger charge is -2.17. The molecule has 0 unspecified atom stereocenters. The zero-order chi connectivity index (χ0) is 13.9. The summed E-state index contributed by atoms with van der Waals surface area (Å²) in [5, 5.41) is 0.957. The lowest BCUT2D eigenvalue weighted by molar-refractivity contribution is 0.0787. The van der Waals surface area contributed by atoms with Crippen molar-refractivity contribution in [1.29, 1.82) is 0 Å². The zero-order valence-electron chi connectivity index (χ0n) is 11.2. The van der Waals surface area contributed by atoms with Crippen LogP contribution >= 0.6 is 0 Å². The number of nitrogens with zero attached hydrogens (tertiary/aromatic N) is 2. The second-order valence-corrected chi connectivity index (χ2v) is 4.76. The third-order valence-electron chi connectivity index (χ3n) is 3.34. The van der Waals surface area contributed by atoms with Crippen LogP contribution in [0.2, 0.25) is 0 Å². The summed E-state index contributed by atoms with van der Waals surface area (Å²) in [6, 6.07) is 11.5. The summed E-state index contributed by atoms with van der Waals surface area (Å²) < 4.78 is 0. The van der Waals surface area contributed by atoms with Crippen molar-refractivity contribution in [3.8, 4) is 0 Å². The average molecular weight is 265 g/mol. The van der Waals surface area contributed by atoms with Gasteiger partial charge in [0.2, 0.25) is 0 Å². The van der Waals surface area contributed by atoms with Gasteiger partial charge < -0.3 is 9.88 Å². The molecule has 4 nitrogen and oxygen atoms in total. The topological polar surface area (TPSA) is 49.0 Å². The molecule has 0 bridgehead atoms. The second kappa shape index (κ2) is 5.17. The highest BCUT2D eigenvalue weighted by Gasteiger charge is 2.15. The Morgan fingerprint density at radius 2 is 2.00 bits per heavy atom. The fraction of sp³-hybridized carbons (Fsp3) is 0.125. The van der Waals surface area contributed by atoms with Crippen LogP contribution in [0.1, 0.15) is 15.9 Å². The molecular weight excluding hydrogens is 250 g/mol. The van der Waals surface area contributed by atoms with E-state index < -0.39 is 0 Å². The third-order valence-corrected chi connectivity index (χ3v) is 3.34. The molecule has 1 N–H and O–H groups in total. The predicted octanol–water partition coefficient (Wildman–Crippen LogP) is 2.84. The smallest absolute Gasteiger partial charge is 0.254 e. The van der Waals surface area contributed by atoms with Crippen LogP contribution in [-0.2, 0) is 6.54 Å². The minimum atomic E-state index is 0.0204. The van der Waals surface area contributed by atoms with Crippen molar-refractivity contribution in [2.24, 2.45) is 0 Å². The standard InChI is InChI=1S/C16H15N3O/c1-19(11-12-5-8-17-9-6-12)16(20)14-3-2-4-15-13(14)7-10-18-15/h2-10,18H,11H2,1H3. The lowest BCUT2D eigenvalue weighted by atomic mass is 10.1. The highest BCUT2D eigenvalue weighted by Crippen LogP contribution is 2.19. The normalized spacial score (nSPS) is 10.7. The van der Waals surface area contributed by atoms with E-state index in [-0.39, 0.29) is 5.91 Å². The largest absolute Gasteiger partial charge is 0.361 e. The molecule has 4 heteroatoms. The Morgan fingerprint density at radius 1 is 1.20 bits per heavy atom. The van der Waals surface area contributed by atoms with E-state index in [0.29, 0.717) is 6.54 Å². The molecule has 0 spiro atoms. The highest BCUT2D eigenvalue weighted by molar-refractivity contribution is 6.06. The molecule has 1 amide bonds. The molecule has 100 valence electrons. The number of pyridine rings is 1. The molecule has 0 radical (unpaired) electrons. The molecule has 3 rings (SSSR count). The van der Waals surface area contributed by atoms with Gasteiger partial charge in [-0.05, 0) is 35.9 Å². The molecule has 0 saturated heterocycles. The SMILES string of the molecule is CN(Cc1ccncc1)C(=O)c1cccc2[nH]ccc12. The van der Waals surface area contributed by atoms with Gasteiger partial charge in [-0.2, -0.15) is 0 Å². The predicted molar refractivity (Wildman–Crippen MR) is 78.3 cm³/mol. The van der Waals surface area contributed by atoms with Crippen molar-refractivity contribution in [1.82, 2.24) is 14.9 Å². The number of hydrogen-bond donors (Lipinski definition) is 1. The maximum atomic E-state index is 12.6. The Morgan fingerprint density at radius 3 is 2.80 bits per heavy atom. The number of amides is 1. The van der Waals surface area contributed by atoms with E-state index >= 15 is 0 Å². The number of benzene rings is 1. The van der Waals surface area contributed by atoms with Crippen LogP contribution in [0.15, 0.2) is 55.0 Å². The number of hydrogen-bond acceptors (Lipinski definition) is 2. The maximum Gasteiger partial charge on any atom is 0.254 e. The summed E-state index contributed by atoms with van der Waals surface area (Å²) in [4.78, 5) is 21.4. The molecule has 0 saturated carbocycles. The maximum absolute atomic E-state index is 12.6. The first-order chi connectivity index (χ1) is 9.75. The summed E-state index contributed by atoms with van der Waals surface area (Å²) in [5.74, 6) is 0.0204. The van der Waals surface area contributed by atoms with Gasteiger partial charge in [0, 0.05) is 48.6 Å². The Kier molecular flexibility index (Phi) is 3.21. The minimum Gasteiger partial charge on any atom is -0.361 e. The van der Waals surface area contributed by atoms with Crippen LogP contribution in [0, 0.1) is 0 Å². The highest BCUT2D eigenvalue weighted by atomic mass is 16.2. The van der Waals surface area contributed by atoms with Gasteiger partial charge in [-0.1, -0.05) is 6.07 Å².